The summed E-state index contributed by atoms with van der Waals surface area (Å²) in [6.07, 6.45) is 0. The molecule has 0 radical (unpaired) electrons. The fourth-order valence-electron chi connectivity index (χ4n) is 1.67. The SMILES string of the molecule is O=[N+]([O-])c1ccc(Oc2ccc(Cl)c([N+](=O)[O-])c2)c([N+](=O)[O-])c1. The topological polar surface area (TPSA) is 139 Å². The Bertz CT molecular complexity index is 824. The van der Waals surface area contributed by atoms with Gasteiger partial charge in [-0.3, -0.25) is 30.3 Å². The average Bonchev–Trinajstić information content (AvgIpc) is 2.48. The van der Waals surface area contributed by atoms with Gasteiger partial charge in [0.15, 0.2) is 0 Å². The number of ether oxygens (including phenoxy) is 1. The summed E-state index contributed by atoms with van der Waals surface area (Å²) in [6, 6.07) is 6.27. The molecule has 118 valence electrons. The van der Waals surface area contributed by atoms with Crippen LogP contribution in [0.2, 0.25) is 5.02 Å². The van der Waals surface area contributed by atoms with Gasteiger partial charge in [0.25, 0.3) is 11.4 Å². The smallest absolute Gasteiger partial charge is 0.318 e. The number of benzene rings is 2. The third-order valence-electron chi connectivity index (χ3n) is 2.69. The third kappa shape index (κ3) is 3.49. The third-order valence-corrected chi connectivity index (χ3v) is 3.01. The Kier molecular flexibility index (Phi) is 4.37. The van der Waals surface area contributed by atoms with Crippen LogP contribution < -0.4 is 4.74 Å². The molecule has 2 rings (SSSR count). The van der Waals surface area contributed by atoms with E-state index in [1.165, 1.54) is 12.1 Å². The summed E-state index contributed by atoms with van der Waals surface area (Å²) in [5.41, 5.74) is -1.56. The molecular formula is C12H6ClN3O7. The largest absolute Gasteiger partial charge is 0.450 e. The van der Waals surface area contributed by atoms with Gasteiger partial charge in [-0.1, -0.05) is 11.6 Å². The first kappa shape index (κ1) is 16.1. The Labute approximate surface area is 132 Å². The first-order valence-electron chi connectivity index (χ1n) is 5.84. The summed E-state index contributed by atoms with van der Waals surface area (Å²) in [6.45, 7) is 0. The van der Waals surface area contributed by atoms with Crippen molar-refractivity contribution < 1.29 is 19.5 Å². The highest BCUT2D eigenvalue weighted by Gasteiger charge is 2.22. The number of nitrogens with zero attached hydrogens (tertiary/aromatic N) is 3. The van der Waals surface area contributed by atoms with Gasteiger partial charge in [-0.05, 0) is 18.2 Å². The van der Waals surface area contributed by atoms with E-state index in [-0.39, 0.29) is 16.5 Å². The van der Waals surface area contributed by atoms with E-state index in [2.05, 4.69) is 0 Å². The second-order valence-electron chi connectivity index (χ2n) is 4.14. The normalized spacial score (nSPS) is 10.1. The molecule has 0 unspecified atom stereocenters. The lowest BCUT2D eigenvalue weighted by Gasteiger charge is -2.06. The molecule has 11 heteroatoms. The maximum absolute atomic E-state index is 11.0. The van der Waals surface area contributed by atoms with Gasteiger partial charge in [0.2, 0.25) is 5.75 Å². The van der Waals surface area contributed by atoms with Crippen molar-refractivity contribution >= 4 is 28.7 Å². The van der Waals surface area contributed by atoms with Gasteiger partial charge in [-0.2, -0.15) is 0 Å². The number of halogens is 1. The van der Waals surface area contributed by atoms with Crippen LogP contribution in [-0.4, -0.2) is 14.8 Å². The monoisotopic (exact) mass is 339 g/mol. The molecule has 10 nitrogen and oxygen atoms in total. The minimum absolute atomic E-state index is 0.0712. The van der Waals surface area contributed by atoms with E-state index >= 15 is 0 Å². The summed E-state index contributed by atoms with van der Waals surface area (Å²) in [4.78, 5) is 30.1. The van der Waals surface area contributed by atoms with Crippen LogP contribution in [0.15, 0.2) is 36.4 Å². The fraction of sp³-hybridized carbons (Fsp3) is 0. The molecule has 0 atom stereocenters. The zero-order chi connectivity index (χ0) is 17.1. The van der Waals surface area contributed by atoms with Crippen molar-refractivity contribution in [2.75, 3.05) is 0 Å². The van der Waals surface area contributed by atoms with E-state index in [1.807, 2.05) is 0 Å². The van der Waals surface area contributed by atoms with Crippen LogP contribution in [0, 0.1) is 30.3 Å². The van der Waals surface area contributed by atoms with Crippen LogP contribution in [0.4, 0.5) is 17.1 Å². The number of hydrogen-bond acceptors (Lipinski definition) is 7. The van der Waals surface area contributed by atoms with Crippen molar-refractivity contribution in [2.45, 2.75) is 0 Å². The molecule has 0 heterocycles. The first-order chi connectivity index (χ1) is 10.8. The molecule has 0 saturated heterocycles. The number of hydrogen-bond donors (Lipinski definition) is 0. The number of nitro benzene ring substituents is 3. The van der Waals surface area contributed by atoms with Gasteiger partial charge in [-0.15, -0.1) is 0 Å². The highest BCUT2D eigenvalue weighted by molar-refractivity contribution is 6.32. The summed E-state index contributed by atoms with van der Waals surface area (Å²) in [5.74, 6) is -0.365. The minimum Gasteiger partial charge on any atom is -0.450 e. The van der Waals surface area contributed by atoms with Crippen molar-refractivity contribution in [3.05, 3.63) is 71.8 Å². The molecule has 0 aliphatic heterocycles. The second kappa shape index (κ2) is 6.23. The predicted molar refractivity (Wildman–Crippen MR) is 77.9 cm³/mol. The highest BCUT2D eigenvalue weighted by Crippen LogP contribution is 2.36. The van der Waals surface area contributed by atoms with Crippen LogP contribution in [0.5, 0.6) is 11.5 Å². The lowest BCUT2D eigenvalue weighted by molar-refractivity contribution is -0.394. The molecule has 2 aromatic carbocycles. The summed E-state index contributed by atoms with van der Waals surface area (Å²) >= 11 is 5.65. The Balaban J connectivity index is 2.44. The summed E-state index contributed by atoms with van der Waals surface area (Å²) in [7, 11) is 0. The molecule has 0 saturated carbocycles. The van der Waals surface area contributed by atoms with Crippen LogP contribution in [0.1, 0.15) is 0 Å². The van der Waals surface area contributed by atoms with Crippen molar-refractivity contribution in [2.24, 2.45) is 0 Å². The highest BCUT2D eigenvalue weighted by atomic mass is 35.5. The van der Waals surface area contributed by atoms with Gasteiger partial charge in [0.1, 0.15) is 10.8 Å². The molecule has 0 aliphatic rings. The quantitative estimate of drug-likeness (QED) is 0.595. The van der Waals surface area contributed by atoms with Crippen LogP contribution in [0.3, 0.4) is 0 Å². The van der Waals surface area contributed by atoms with E-state index in [9.17, 15) is 30.3 Å². The second-order valence-corrected chi connectivity index (χ2v) is 4.55. The predicted octanol–water partition coefficient (Wildman–Crippen LogP) is 3.86. The Morgan fingerprint density at radius 1 is 0.826 bits per heavy atom. The zero-order valence-electron chi connectivity index (χ0n) is 11.0. The van der Waals surface area contributed by atoms with Gasteiger partial charge < -0.3 is 4.74 Å². The Morgan fingerprint density at radius 2 is 1.48 bits per heavy atom. The van der Waals surface area contributed by atoms with Crippen LogP contribution in [-0.2, 0) is 0 Å². The molecule has 0 N–H and O–H groups in total. The van der Waals surface area contributed by atoms with Crippen molar-refractivity contribution in [1.29, 1.82) is 0 Å². The molecule has 0 spiro atoms. The molecule has 2 aromatic rings. The van der Waals surface area contributed by atoms with Crippen molar-refractivity contribution in [3.63, 3.8) is 0 Å². The number of nitro groups is 3. The van der Waals surface area contributed by atoms with Crippen LogP contribution in [0.25, 0.3) is 0 Å². The number of rotatable bonds is 5. The van der Waals surface area contributed by atoms with E-state index < -0.39 is 31.8 Å². The molecular weight excluding hydrogens is 334 g/mol. The van der Waals surface area contributed by atoms with E-state index in [1.54, 1.807) is 0 Å². The maximum atomic E-state index is 11.0. The zero-order valence-corrected chi connectivity index (χ0v) is 11.8. The molecule has 0 aliphatic carbocycles. The lowest BCUT2D eigenvalue weighted by atomic mass is 10.2. The molecule has 0 bridgehead atoms. The molecule has 0 amide bonds. The summed E-state index contributed by atoms with van der Waals surface area (Å²) < 4.78 is 5.22. The van der Waals surface area contributed by atoms with E-state index in [0.29, 0.717) is 0 Å². The van der Waals surface area contributed by atoms with Gasteiger partial charge in [0, 0.05) is 6.07 Å². The van der Waals surface area contributed by atoms with Crippen molar-refractivity contribution in [1.82, 2.24) is 0 Å². The van der Waals surface area contributed by atoms with Gasteiger partial charge >= 0.3 is 5.69 Å². The van der Waals surface area contributed by atoms with Gasteiger partial charge in [-0.25, -0.2) is 0 Å². The number of non-ortho nitro benzene ring substituents is 1. The lowest BCUT2D eigenvalue weighted by Crippen LogP contribution is -1.96. The first-order valence-corrected chi connectivity index (χ1v) is 6.22. The minimum atomic E-state index is -0.854. The molecule has 0 fully saturated rings. The fourth-order valence-corrected chi connectivity index (χ4v) is 1.86. The molecule has 0 aromatic heterocycles. The standard InChI is InChI=1S/C12H6ClN3O7/c13-9-3-2-8(6-10(9)15(19)20)23-12-4-1-7(14(17)18)5-11(12)16(21)22/h1-6H. The van der Waals surface area contributed by atoms with Crippen molar-refractivity contribution in [3.8, 4) is 11.5 Å². The van der Waals surface area contributed by atoms with Crippen LogP contribution >= 0.6 is 11.6 Å². The Hall–Kier alpha value is -3.27. The summed E-state index contributed by atoms with van der Waals surface area (Å²) in [5, 5.41) is 32.3. The molecule has 23 heavy (non-hydrogen) atoms. The maximum Gasteiger partial charge on any atom is 0.318 e. The Morgan fingerprint density at radius 3 is 2.04 bits per heavy atom. The van der Waals surface area contributed by atoms with E-state index in [0.717, 1.165) is 24.3 Å². The van der Waals surface area contributed by atoms with E-state index in [4.69, 9.17) is 16.3 Å². The average molecular weight is 340 g/mol. The van der Waals surface area contributed by atoms with Gasteiger partial charge in [0.05, 0.1) is 26.9 Å².